The molecule has 2 aromatic carbocycles. The number of aromatic nitrogens is 4. The summed E-state index contributed by atoms with van der Waals surface area (Å²) in [4.78, 5) is 42.2. The molecule has 1 aliphatic rings. The largest absolute Gasteiger partial charge is 0.492 e. The number of hydrogen-bond acceptors (Lipinski definition) is 7. The number of hydrogen-bond donors (Lipinski definition) is 4. The standard InChI is InChI=1S/C25H27N7O4/c1-16-14-17(36-13-10-32-8-11-35-12-9-32)6-7-18(16)28-23(33)21-22(27-15-26-21)24(34)31-25-29-19-4-2-3-5-20(19)30-25/h2-7,14-15H,8-13H2,1H3,(H,26,27)(H,28,33)(H2,29,30,31,34). The van der Waals surface area contributed by atoms with Crippen molar-refractivity contribution in [1.82, 2.24) is 24.8 Å². The van der Waals surface area contributed by atoms with Gasteiger partial charge in [-0.1, -0.05) is 12.1 Å². The van der Waals surface area contributed by atoms with Gasteiger partial charge in [0.1, 0.15) is 18.1 Å². The molecule has 0 spiro atoms. The van der Waals surface area contributed by atoms with Crippen molar-refractivity contribution in [3.8, 4) is 5.75 Å². The minimum Gasteiger partial charge on any atom is -0.492 e. The van der Waals surface area contributed by atoms with Gasteiger partial charge in [0.2, 0.25) is 5.95 Å². The van der Waals surface area contributed by atoms with Gasteiger partial charge in [-0.25, -0.2) is 9.97 Å². The number of rotatable bonds is 8. The molecule has 0 atom stereocenters. The Balaban J connectivity index is 1.20. The van der Waals surface area contributed by atoms with E-state index in [2.05, 4.69) is 35.5 Å². The van der Waals surface area contributed by atoms with Gasteiger partial charge in [-0.15, -0.1) is 0 Å². The van der Waals surface area contributed by atoms with E-state index in [1.165, 1.54) is 6.33 Å². The number of fused-ring (bicyclic) bond motifs is 1. The van der Waals surface area contributed by atoms with Gasteiger partial charge in [0.05, 0.1) is 30.6 Å². The molecule has 3 heterocycles. The number of morpholine rings is 1. The van der Waals surface area contributed by atoms with Gasteiger partial charge in [0.15, 0.2) is 5.69 Å². The maximum atomic E-state index is 12.9. The lowest BCUT2D eigenvalue weighted by Gasteiger charge is -2.26. The van der Waals surface area contributed by atoms with Crippen molar-refractivity contribution >= 4 is 34.5 Å². The third-order valence-electron chi connectivity index (χ3n) is 5.93. The lowest BCUT2D eigenvalue weighted by molar-refractivity contribution is 0.0322. The number of anilines is 2. The lowest BCUT2D eigenvalue weighted by atomic mass is 10.2. The van der Waals surface area contributed by atoms with Crippen LogP contribution in [-0.2, 0) is 4.74 Å². The molecule has 4 N–H and O–H groups in total. The molecule has 11 heteroatoms. The van der Waals surface area contributed by atoms with Crippen LogP contribution in [0.25, 0.3) is 11.0 Å². The number of amides is 2. The molecule has 0 radical (unpaired) electrons. The smallest absolute Gasteiger partial charge is 0.276 e. The van der Waals surface area contributed by atoms with Crippen molar-refractivity contribution < 1.29 is 19.1 Å². The van der Waals surface area contributed by atoms with Gasteiger partial charge < -0.3 is 24.8 Å². The van der Waals surface area contributed by atoms with E-state index in [4.69, 9.17) is 9.47 Å². The van der Waals surface area contributed by atoms with Crippen molar-refractivity contribution in [2.45, 2.75) is 6.92 Å². The molecule has 1 aliphatic heterocycles. The molecule has 1 fully saturated rings. The fourth-order valence-electron chi connectivity index (χ4n) is 3.99. The molecule has 2 aromatic heterocycles. The second kappa shape index (κ2) is 10.6. The quantitative estimate of drug-likeness (QED) is 0.299. The van der Waals surface area contributed by atoms with Gasteiger partial charge >= 0.3 is 0 Å². The molecule has 11 nitrogen and oxygen atoms in total. The first-order chi connectivity index (χ1) is 17.6. The van der Waals surface area contributed by atoms with Gasteiger partial charge in [-0.2, -0.15) is 0 Å². The Morgan fingerprint density at radius 1 is 1.11 bits per heavy atom. The molecule has 0 bridgehead atoms. The van der Waals surface area contributed by atoms with E-state index < -0.39 is 11.8 Å². The van der Waals surface area contributed by atoms with Gasteiger partial charge in [-0.05, 0) is 42.8 Å². The molecule has 4 aromatic rings. The Morgan fingerprint density at radius 2 is 1.94 bits per heavy atom. The monoisotopic (exact) mass is 489 g/mol. The molecular weight excluding hydrogens is 462 g/mol. The number of nitrogens with one attached hydrogen (secondary N) is 4. The minimum atomic E-state index is -0.530. The Kier molecular flexibility index (Phi) is 6.92. The van der Waals surface area contributed by atoms with E-state index in [1.807, 2.05) is 43.3 Å². The minimum absolute atomic E-state index is 0.0196. The van der Waals surface area contributed by atoms with E-state index in [0.29, 0.717) is 12.3 Å². The van der Waals surface area contributed by atoms with Gasteiger partial charge in [-0.3, -0.25) is 19.8 Å². The Labute approximate surface area is 207 Å². The summed E-state index contributed by atoms with van der Waals surface area (Å²) in [6.07, 6.45) is 1.31. The molecule has 2 amide bonds. The summed E-state index contributed by atoms with van der Waals surface area (Å²) in [5.74, 6) is -0.0285. The van der Waals surface area contributed by atoms with E-state index in [0.717, 1.165) is 55.2 Å². The Bertz CT molecular complexity index is 1340. The number of para-hydroxylation sites is 2. The highest BCUT2D eigenvalue weighted by Gasteiger charge is 2.22. The van der Waals surface area contributed by atoms with Crippen LogP contribution in [0, 0.1) is 6.92 Å². The predicted molar refractivity (Wildman–Crippen MR) is 135 cm³/mol. The molecule has 5 rings (SSSR count). The summed E-state index contributed by atoms with van der Waals surface area (Å²) >= 11 is 0. The number of imidazole rings is 2. The molecule has 0 saturated carbocycles. The normalized spacial score (nSPS) is 14.0. The lowest BCUT2D eigenvalue weighted by Crippen LogP contribution is -2.38. The molecular formula is C25H27N7O4. The van der Waals surface area contributed by atoms with Crippen LogP contribution in [0.3, 0.4) is 0 Å². The second-order valence-electron chi connectivity index (χ2n) is 8.42. The molecule has 0 aliphatic carbocycles. The van der Waals surface area contributed by atoms with Crippen LogP contribution in [0.15, 0.2) is 48.8 Å². The summed E-state index contributed by atoms with van der Waals surface area (Å²) in [6, 6.07) is 12.9. The summed E-state index contributed by atoms with van der Waals surface area (Å²) < 4.78 is 11.2. The maximum Gasteiger partial charge on any atom is 0.276 e. The number of carbonyl (C=O) groups is 2. The predicted octanol–water partition coefficient (Wildman–Crippen LogP) is 2.81. The van der Waals surface area contributed by atoms with E-state index in [9.17, 15) is 9.59 Å². The van der Waals surface area contributed by atoms with Crippen LogP contribution in [0.5, 0.6) is 5.75 Å². The summed E-state index contributed by atoms with van der Waals surface area (Å²) in [5, 5.41) is 5.50. The van der Waals surface area contributed by atoms with Crippen molar-refractivity contribution in [3.05, 3.63) is 65.7 Å². The molecule has 36 heavy (non-hydrogen) atoms. The fourth-order valence-corrected chi connectivity index (χ4v) is 3.99. The number of aromatic amines is 2. The first-order valence-electron chi connectivity index (χ1n) is 11.7. The summed E-state index contributed by atoms with van der Waals surface area (Å²) in [5.41, 5.74) is 2.96. The van der Waals surface area contributed by atoms with Crippen molar-refractivity contribution in [1.29, 1.82) is 0 Å². The zero-order chi connectivity index (χ0) is 24.9. The van der Waals surface area contributed by atoms with Crippen LogP contribution in [0.4, 0.5) is 11.6 Å². The van der Waals surface area contributed by atoms with E-state index in [-0.39, 0.29) is 17.3 Å². The van der Waals surface area contributed by atoms with Crippen LogP contribution in [0.1, 0.15) is 26.5 Å². The average Bonchev–Trinajstić information content (AvgIpc) is 3.53. The number of ether oxygens (including phenoxy) is 2. The molecule has 0 unspecified atom stereocenters. The van der Waals surface area contributed by atoms with Crippen molar-refractivity contribution in [2.24, 2.45) is 0 Å². The SMILES string of the molecule is Cc1cc(OCCN2CCOCC2)ccc1NC(=O)c1nc[nH]c1C(=O)Nc1nc2ccccc2[nH]1. The first kappa shape index (κ1) is 23.5. The van der Waals surface area contributed by atoms with Crippen LogP contribution in [-0.4, -0.2) is 76.1 Å². The Hall–Kier alpha value is -4.22. The van der Waals surface area contributed by atoms with E-state index >= 15 is 0 Å². The Morgan fingerprint density at radius 3 is 2.75 bits per heavy atom. The third kappa shape index (κ3) is 5.37. The highest BCUT2D eigenvalue weighted by Crippen LogP contribution is 2.22. The topological polar surface area (TPSA) is 137 Å². The zero-order valence-electron chi connectivity index (χ0n) is 19.8. The zero-order valence-corrected chi connectivity index (χ0v) is 19.8. The van der Waals surface area contributed by atoms with Gasteiger partial charge in [0, 0.05) is 25.3 Å². The highest BCUT2D eigenvalue weighted by molar-refractivity contribution is 6.13. The fraction of sp³-hybridized carbons (Fsp3) is 0.280. The van der Waals surface area contributed by atoms with Crippen LogP contribution >= 0.6 is 0 Å². The highest BCUT2D eigenvalue weighted by atomic mass is 16.5. The second-order valence-corrected chi connectivity index (χ2v) is 8.42. The third-order valence-corrected chi connectivity index (χ3v) is 5.93. The number of H-pyrrole nitrogens is 2. The van der Waals surface area contributed by atoms with Crippen LogP contribution in [0.2, 0.25) is 0 Å². The van der Waals surface area contributed by atoms with Gasteiger partial charge in [0.25, 0.3) is 11.8 Å². The number of benzene rings is 2. The molecule has 1 saturated heterocycles. The van der Waals surface area contributed by atoms with Crippen molar-refractivity contribution in [3.63, 3.8) is 0 Å². The summed E-state index contributed by atoms with van der Waals surface area (Å²) in [7, 11) is 0. The van der Waals surface area contributed by atoms with Crippen LogP contribution < -0.4 is 15.4 Å². The van der Waals surface area contributed by atoms with Crippen molar-refractivity contribution in [2.75, 3.05) is 50.1 Å². The summed E-state index contributed by atoms with van der Waals surface area (Å²) in [6.45, 7) is 6.63. The molecule has 186 valence electrons. The number of nitrogens with zero attached hydrogens (tertiary/aromatic N) is 3. The number of carbonyl (C=O) groups excluding carboxylic acids is 2. The average molecular weight is 490 g/mol. The van der Waals surface area contributed by atoms with E-state index in [1.54, 1.807) is 6.07 Å². The maximum absolute atomic E-state index is 12.9. The first-order valence-corrected chi connectivity index (χ1v) is 11.7. The number of aryl methyl sites for hydroxylation is 1.